The molecule has 2 fully saturated rings. The Morgan fingerprint density at radius 1 is 1.14 bits per heavy atom. The molecular weight excluding hydrogens is 370 g/mol. The Morgan fingerprint density at radius 3 is 2.66 bits per heavy atom. The second kappa shape index (κ2) is 7.65. The maximum atomic E-state index is 13.1. The summed E-state index contributed by atoms with van der Waals surface area (Å²) in [4.78, 5) is 26.0. The Kier molecular flexibility index (Phi) is 4.85. The first-order valence-electron chi connectivity index (χ1n) is 10.7. The fourth-order valence-corrected chi connectivity index (χ4v) is 4.66. The number of ether oxygens (including phenoxy) is 1. The summed E-state index contributed by atoms with van der Waals surface area (Å²) >= 11 is 0. The van der Waals surface area contributed by atoms with Crippen molar-refractivity contribution in [3.8, 4) is 5.88 Å². The lowest BCUT2D eigenvalue weighted by molar-refractivity contribution is 0.0668. The Bertz CT molecular complexity index is 886. The molecule has 154 valence electrons. The van der Waals surface area contributed by atoms with Gasteiger partial charge in [0, 0.05) is 36.8 Å². The van der Waals surface area contributed by atoms with Crippen LogP contribution >= 0.6 is 0 Å². The van der Waals surface area contributed by atoms with Gasteiger partial charge in [-0.15, -0.1) is 0 Å². The first-order chi connectivity index (χ1) is 14.2. The van der Waals surface area contributed by atoms with Crippen molar-refractivity contribution in [3.63, 3.8) is 0 Å². The number of fused-ring (bicyclic) bond motifs is 1. The summed E-state index contributed by atoms with van der Waals surface area (Å²) in [7, 11) is 1.62. The number of aryl methyl sites for hydroxylation is 1. The summed E-state index contributed by atoms with van der Waals surface area (Å²) in [6.07, 6.45) is 9.85. The number of amides is 1. The van der Waals surface area contributed by atoms with E-state index in [0.717, 1.165) is 68.7 Å². The molecule has 0 aromatic carbocycles. The van der Waals surface area contributed by atoms with Gasteiger partial charge >= 0.3 is 0 Å². The van der Waals surface area contributed by atoms with Gasteiger partial charge in [-0.25, -0.2) is 9.97 Å². The van der Waals surface area contributed by atoms with Crippen LogP contribution in [0, 0.1) is 0 Å². The van der Waals surface area contributed by atoms with Gasteiger partial charge in [0.05, 0.1) is 12.8 Å². The Morgan fingerprint density at radius 2 is 1.90 bits per heavy atom. The number of likely N-dealkylation sites (tertiary alicyclic amines) is 1. The SMILES string of the molecule is COc1cc(N(C2CC2)C2CCN(C(=O)c3onc4c3CCCC4)CC2)ncn1. The number of aromatic nitrogens is 3. The molecule has 8 nitrogen and oxygen atoms in total. The van der Waals surface area contributed by atoms with Gasteiger partial charge < -0.3 is 19.1 Å². The minimum absolute atomic E-state index is 0.000720. The molecule has 0 radical (unpaired) electrons. The predicted molar refractivity (Wildman–Crippen MR) is 106 cm³/mol. The summed E-state index contributed by atoms with van der Waals surface area (Å²) in [5, 5.41) is 4.15. The smallest absolute Gasteiger partial charge is 0.292 e. The highest BCUT2D eigenvalue weighted by molar-refractivity contribution is 5.93. The number of carbonyl (C=O) groups is 1. The number of nitrogens with zero attached hydrogens (tertiary/aromatic N) is 5. The van der Waals surface area contributed by atoms with Crippen molar-refractivity contribution in [1.82, 2.24) is 20.0 Å². The molecule has 8 heteroatoms. The highest BCUT2D eigenvalue weighted by Gasteiger charge is 2.38. The number of anilines is 1. The van der Waals surface area contributed by atoms with E-state index in [1.54, 1.807) is 13.4 Å². The lowest BCUT2D eigenvalue weighted by atomic mass is 9.95. The first-order valence-corrected chi connectivity index (χ1v) is 10.7. The van der Waals surface area contributed by atoms with Gasteiger partial charge in [-0.1, -0.05) is 5.16 Å². The highest BCUT2D eigenvalue weighted by atomic mass is 16.5. The van der Waals surface area contributed by atoms with Crippen LogP contribution in [0.25, 0.3) is 0 Å². The second-order valence-electron chi connectivity index (χ2n) is 8.22. The number of methoxy groups -OCH3 is 1. The normalized spacial score (nSPS) is 19.7. The Balaban J connectivity index is 1.28. The van der Waals surface area contributed by atoms with Gasteiger partial charge in [0.15, 0.2) is 0 Å². The van der Waals surface area contributed by atoms with Crippen LogP contribution in [0.5, 0.6) is 5.88 Å². The number of hydrogen-bond donors (Lipinski definition) is 0. The number of rotatable bonds is 5. The van der Waals surface area contributed by atoms with E-state index < -0.39 is 0 Å². The van der Waals surface area contributed by atoms with Gasteiger partial charge in [0.2, 0.25) is 11.6 Å². The van der Waals surface area contributed by atoms with Crippen molar-refractivity contribution in [3.05, 3.63) is 29.4 Å². The second-order valence-corrected chi connectivity index (χ2v) is 8.22. The molecule has 29 heavy (non-hydrogen) atoms. The molecule has 0 unspecified atom stereocenters. The Labute approximate surface area is 170 Å². The molecule has 0 atom stereocenters. The van der Waals surface area contributed by atoms with Gasteiger partial charge in [-0.3, -0.25) is 4.79 Å². The summed E-state index contributed by atoms with van der Waals surface area (Å²) in [5.74, 6) is 1.98. The van der Waals surface area contributed by atoms with E-state index in [2.05, 4.69) is 20.0 Å². The maximum absolute atomic E-state index is 13.1. The first kappa shape index (κ1) is 18.4. The van der Waals surface area contributed by atoms with Crippen molar-refractivity contribution in [2.75, 3.05) is 25.1 Å². The van der Waals surface area contributed by atoms with E-state index >= 15 is 0 Å². The molecule has 1 amide bonds. The van der Waals surface area contributed by atoms with Gasteiger partial charge in [-0.05, 0) is 51.4 Å². The molecule has 5 rings (SSSR count). The van der Waals surface area contributed by atoms with E-state index in [4.69, 9.17) is 9.26 Å². The summed E-state index contributed by atoms with van der Waals surface area (Å²) < 4.78 is 10.7. The monoisotopic (exact) mass is 397 g/mol. The van der Waals surface area contributed by atoms with Crippen LogP contribution in [0.1, 0.15) is 60.3 Å². The molecule has 0 bridgehead atoms. The van der Waals surface area contributed by atoms with Gasteiger partial charge in [0.25, 0.3) is 5.91 Å². The minimum atomic E-state index is 0.000720. The van der Waals surface area contributed by atoms with Crippen LogP contribution in [0.15, 0.2) is 16.9 Å². The number of piperidine rings is 1. The van der Waals surface area contributed by atoms with E-state index in [1.165, 1.54) is 12.8 Å². The average Bonchev–Trinajstić information content (AvgIpc) is 3.51. The van der Waals surface area contributed by atoms with E-state index in [0.29, 0.717) is 23.7 Å². The van der Waals surface area contributed by atoms with Crippen molar-refractivity contribution in [1.29, 1.82) is 0 Å². The third-order valence-corrected chi connectivity index (χ3v) is 6.34. The topological polar surface area (TPSA) is 84.6 Å². The third kappa shape index (κ3) is 3.56. The largest absolute Gasteiger partial charge is 0.481 e. The molecule has 0 N–H and O–H groups in total. The Hall–Kier alpha value is -2.64. The molecule has 1 saturated carbocycles. The van der Waals surface area contributed by atoms with Gasteiger partial charge in [0.1, 0.15) is 12.1 Å². The summed E-state index contributed by atoms with van der Waals surface area (Å²) in [5.41, 5.74) is 2.02. The predicted octanol–water partition coefficient (Wildman–Crippen LogP) is 2.63. The van der Waals surface area contributed by atoms with Crippen molar-refractivity contribution < 1.29 is 14.1 Å². The molecular formula is C21H27N5O3. The molecule has 3 heterocycles. The quantitative estimate of drug-likeness (QED) is 0.767. The van der Waals surface area contributed by atoms with Crippen LogP contribution in [-0.4, -0.2) is 58.2 Å². The van der Waals surface area contributed by atoms with Crippen LogP contribution in [0.3, 0.4) is 0 Å². The van der Waals surface area contributed by atoms with Crippen molar-refractivity contribution >= 4 is 11.7 Å². The fourth-order valence-electron chi connectivity index (χ4n) is 4.66. The molecule has 1 saturated heterocycles. The molecule has 3 aliphatic rings. The number of carbonyl (C=O) groups excluding carboxylic acids is 1. The molecule has 1 aliphatic heterocycles. The van der Waals surface area contributed by atoms with Crippen LogP contribution in [-0.2, 0) is 12.8 Å². The van der Waals surface area contributed by atoms with E-state index in [-0.39, 0.29) is 5.91 Å². The molecule has 2 aromatic rings. The molecule has 0 spiro atoms. The fraction of sp³-hybridized carbons (Fsp3) is 0.619. The third-order valence-electron chi connectivity index (χ3n) is 6.34. The van der Waals surface area contributed by atoms with E-state index in [9.17, 15) is 4.79 Å². The zero-order valence-electron chi connectivity index (χ0n) is 16.8. The zero-order chi connectivity index (χ0) is 19.8. The maximum Gasteiger partial charge on any atom is 0.292 e. The van der Waals surface area contributed by atoms with Crippen LogP contribution < -0.4 is 9.64 Å². The summed E-state index contributed by atoms with van der Waals surface area (Å²) in [6, 6.07) is 2.81. The number of hydrogen-bond acceptors (Lipinski definition) is 7. The zero-order valence-corrected chi connectivity index (χ0v) is 16.8. The van der Waals surface area contributed by atoms with Crippen molar-refractivity contribution in [2.45, 2.75) is 63.5 Å². The summed E-state index contributed by atoms with van der Waals surface area (Å²) in [6.45, 7) is 1.45. The van der Waals surface area contributed by atoms with Crippen LogP contribution in [0.4, 0.5) is 5.82 Å². The average molecular weight is 397 g/mol. The van der Waals surface area contributed by atoms with E-state index in [1.807, 2.05) is 11.0 Å². The van der Waals surface area contributed by atoms with Gasteiger partial charge in [-0.2, -0.15) is 0 Å². The molecule has 2 aromatic heterocycles. The van der Waals surface area contributed by atoms with Crippen LogP contribution in [0.2, 0.25) is 0 Å². The lowest BCUT2D eigenvalue weighted by Gasteiger charge is -2.39. The minimum Gasteiger partial charge on any atom is -0.481 e. The standard InChI is InChI=1S/C21H27N5O3/c1-28-19-12-18(22-13-23-19)26(14-6-7-14)15-8-10-25(11-9-15)21(27)20-16-4-2-3-5-17(16)24-29-20/h12-15H,2-11H2,1H3. The van der Waals surface area contributed by atoms with Crippen molar-refractivity contribution in [2.24, 2.45) is 0 Å². The lowest BCUT2D eigenvalue weighted by Crippen LogP contribution is -2.48. The highest BCUT2D eigenvalue weighted by Crippen LogP contribution is 2.36. The molecule has 2 aliphatic carbocycles.